The molecule has 5 heteroatoms. The van der Waals surface area contributed by atoms with Crippen molar-refractivity contribution in [1.29, 1.82) is 0 Å². The molecule has 5 nitrogen and oxygen atoms in total. The van der Waals surface area contributed by atoms with Crippen LogP contribution in [-0.2, 0) is 17.8 Å². The van der Waals surface area contributed by atoms with Crippen molar-refractivity contribution in [3.05, 3.63) is 18.2 Å². The number of aryl methyl sites for hydroxylation is 1. The molecule has 0 radical (unpaired) electrons. The Hall–Kier alpha value is -1.36. The van der Waals surface area contributed by atoms with Crippen LogP contribution in [0.3, 0.4) is 0 Å². The number of carboxylic acids is 1. The Kier molecular flexibility index (Phi) is 3.71. The Bertz CT molecular complexity index is 426. The predicted molar refractivity (Wildman–Crippen MR) is 68.4 cm³/mol. The average molecular weight is 251 g/mol. The first-order valence-electron chi connectivity index (χ1n) is 6.56. The van der Waals surface area contributed by atoms with E-state index >= 15 is 0 Å². The van der Waals surface area contributed by atoms with Crippen molar-refractivity contribution < 1.29 is 9.90 Å². The van der Waals surface area contributed by atoms with E-state index in [9.17, 15) is 9.90 Å². The third-order valence-corrected chi connectivity index (χ3v) is 3.80. The summed E-state index contributed by atoms with van der Waals surface area (Å²) in [6.07, 6.45) is 7.51. The molecule has 18 heavy (non-hydrogen) atoms. The van der Waals surface area contributed by atoms with Gasteiger partial charge in [0.25, 0.3) is 0 Å². The Balaban J connectivity index is 2.23. The minimum atomic E-state index is -0.844. The maximum Gasteiger partial charge on any atom is 0.326 e. The zero-order chi connectivity index (χ0) is 13.2. The lowest BCUT2D eigenvalue weighted by Gasteiger charge is -2.30. The molecule has 0 amide bonds. The Morgan fingerprint density at radius 2 is 2.39 bits per heavy atom. The van der Waals surface area contributed by atoms with E-state index in [0.29, 0.717) is 6.54 Å². The van der Waals surface area contributed by atoms with Crippen LogP contribution in [0.1, 0.15) is 32.0 Å². The fourth-order valence-electron chi connectivity index (χ4n) is 2.54. The summed E-state index contributed by atoms with van der Waals surface area (Å²) in [7, 11) is 1.74. The number of carbonyl (C=O) groups is 1. The number of nitrogens with zero attached hydrogens (tertiary/aromatic N) is 2. The zero-order valence-electron chi connectivity index (χ0n) is 11.0. The maximum absolute atomic E-state index is 11.6. The molecule has 1 aliphatic rings. The van der Waals surface area contributed by atoms with Gasteiger partial charge in [-0.1, -0.05) is 6.92 Å². The summed E-state index contributed by atoms with van der Waals surface area (Å²) in [5, 5.41) is 12.6. The molecular formula is C13H21N3O2. The van der Waals surface area contributed by atoms with E-state index in [-0.39, 0.29) is 5.92 Å². The summed E-state index contributed by atoms with van der Waals surface area (Å²) in [5.74, 6) is 0.444. The number of aliphatic carboxylic acids is 1. The molecule has 1 aliphatic carbocycles. The molecule has 2 N–H and O–H groups in total. The molecule has 0 aromatic carbocycles. The van der Waals surface area contributed by atoms with Crippen LogP contribution in [0.4, 0.5) is 0 Å². The summed E-state index contributed by atoms with van der Waals surface area (Å²) in [5.41, 5.74) is -0.844. The highest BCUT2D eigenvalue weighted by Crippen LogP contribution is 2.40. The van der Waals surface area contributed by atoms with Crippen LogP contribution in [0.5, 0.6) is 0 Å². The van der Waals surface area contributed by atoms with Crippen molar-refractivity contribution >= 4 is 5.97 Å². The summed E-state index contributed by atoms with van der Waals surface area (Å²) < 4.78 is 1.98. The lowest BCUT2D eigenvalue weighted by molar-refractivity contribution is -0.146. The number of hydrogen-bond donors (Lipinski definition) is 2. The number of aromatic nitrogens is 2. The second kappa shape index (κ2) is 5.10. The molecule has 1 fully saturated rings. The molecular weight excluding hydrogens is 230 g/mol. The van der Waals surface area contributed by atoms with E-state index in [4.69, 9.17) is 0 Å². The fraction of sp³-hybridized carbons (Fsp3) is 0.692. The average Bonchev–Trinajstić information content (AvgIpc) is 3.10. The van der Waals surface area contributed by atoms with Crippen molar-refractivity contribution in [2.45, 2.75) is 44.7 Å². The number of nitrogens with one attached hydrogen (secondary N) is 1. The SMILES string of the molecule is CCCc1nccn1CC(NC)(C(=O)O)C1CC1. The predicted octanol–water partition coefficient (Wildman–Crippen LogP) is 1.29. The molecule has 100 valence electrons. The van der Waals surface area contributed by atoms with E-state index in [1.54, 1.807) is 13.2 Å². The highest BCUT2D eigenvalue weighted by atomic mass is 16.4. The van der Waals surface area contributed by atoms with Gasteiger partial charge in [-0.15, -0.1) is 0 Å². The smallest absolute Gasteiger partial charge is 0.326 e. The van der Waals surface area contributed by atoms with Gasteiger partial charge in [0.15, 0.2) is 0 Å². The molecule has 1 aromatic heterocycles. The van der Waals surface area contributed by atoms with Crippen LogP contribution in [0.2, 0.25) is 0 Å². The van der Waals surface area contributed by atoms with Gasteiger partial charge >= 0.3 is 5.97 Å². The van der Waals surface area contributed by atoms with Crippen LogP contribution in [0.25, 0.3) is 0 Å². The molecule has 2 rings (SSSR count). The summed E-state index contributed by atoms with van der Waals surface area (Å²) in [6, 6.07) is 0. The van der Waals surface area contributed by atoms with Crippen molar-refractivity contribution in [3.8, 4) is 0 Å². The van der Waals surface area contributed by atoms with Crippen molar-refractivity contribution in [1.82, 2.24) is 14.9 Å². The van der Waals surface area contributed by atoms with E-state index < -0.39 is 11.5 Å². The van der Waals surface area contributed by atoms with Gasteiger partial charge in [0.1, 0.15) is 11.4 Å². The number of likely N-dealkylation sites (N-methyl/N-ethyl adjacent to an activating group) is 1. The summed E-state index contributed by atoms with van der Waals surface area (Å²) >= 11 is 0. The lowest BCUT2D eigenvalue weighted by Crippen LogP contribution is -2.55. The van der Waals surface area contributed by atoms with E-state index in [1.165, 1.54) is 0 Å². The van der Waals surface area contributed by atoms with Gasteiger partial charge in [0, 0.05) is 18.8 Å². The molecule has 0 bridgehead atoms. The van der Waals surface area contributed by atoms with Gasteiger partial charge in [0.2, 0.25) is 0 Å². The molecule has 1 saturated carbocycles. The van der Waals surface area contributed by atoms with Crippen molar-refractivity contribution in [2.24, 2.45) is 5.92 Å². The van der Waals surface area contributed by atoms with E-state index in [2.05, 4.69) is 17.2 Å². The third-order valence-electron chi connectivity index (χ3n) is 3.80. The summed E-state index contributed by atoms with van der Waals surface area (Å²) in [4.78, 5) is 15.9. The molecule has 0 spiro atoms. The van der Waals surface area contributed by atoms with Gasteiger partial charge in [-0.3, -0.25) is 4.79 Å². The topological polar surface area (TPSA) is 67.2 Å². The first-order valence-corrected chi connectivity index (χ1v) is 6.56. The monoisotopic (exact) mass is 251 g/mol. The van der Waals surface area contributed by atoms with Gasteiger partial charge in [-0.25, -0.2) is 4.98 Å². The molecule has 1 heterocycles. The van der Waals surface area contributed by atoms with Crippen LogP contribution in [-0.4, -0.2) is 33.2 Å². The highest BCUT2D eigenvalue weighted by Gasteiger charge is 2.50. The molecule has 0 aliphatic heterocycles. The largest absolute Gasteiger partial charge is 0.480 e. The Labute approximate surface area is 107 Å². The number of imidazole rings is 1. The van der Waals surface area contributed by atoms with Crippen LogP contribution < -0.4 is 5.32 Å². The second-order valence-electron chi connectivity index (χ2n) is 5.02. The van der Waals surface area contributed by atoms with Crippen LogP contribution in [0, 0.1) is 5.92 Å². The van der Waals surface area contributed by atoms with E-state index in [0.717, 1.165) is 31.5 Å². The lowest BCUT2D eigenvalue weighted by atomic mass is 9.93. The molecule has 1 atom stereocenters. The molecule has 1 aromatic rings. The number of carboxylic acid groups (broad SMARTS) is 1. The van der Waals surface area contributed by atoms with Crippen LogP contribution in [0.15, 0.2) is 12.4 Å². The second-order valence-corrected chi connectivity index (χ2v) is 5.02. The Morgan fingerprint density at radius 1 is 1.67 bits per heavy atom. The third kappa shape index (κ3) is 2.27. The molecule has 0 saturated heterocycles. The van der Waals surface area contributed by atoms with Gasteiger partial charge in [0.05, 0.1) is 6.54 Å². The van der Waals surface area contributed by atoms with Gasteiger partial charge in [-0.05, 0) is 32.2 Å². The van der Waals surface area contributed by atoms with Crippen molar-refractivity contribution in [3.63, 3.8) is 0 Å². The number of rotatable bonds is 7. The van der Waals surface area contributed by atoms with E-state index in [1.807, 2.05) is 10.8 Å². The number of hydrogen-bond acceptors (Lipinski definition) is 3. The van der Waals surface area contributed by atoms with Gasteiger partial charge < -0.3 is 15.0 Å². The summed E-state index contributed by atoms with van der Waals surface area (Å²) in [6.45, 7) is 2.56. The maximum atomic E-state index is 11.6. The first kappa shape index (κ1) is 13.1. The minimum absolute atomic E-state index is 0.233. The zero-order valence-corrected chi connectivity index (χ0v) is 11.0. The first-order chi connectivity index (χ1) is 8.64. The standard InChI is InChI=1S/C13H21N3O2/c1-3-4-11-15-7-8-16(11)9-13(14-2,12(17)18)10-5-6-10/h7-8,10,14H,3-6,9H2,1-2H3,(H,17,18). The van der Waals surface area contributed by atoms with Gasteiger partial charge in [-0.2, -0.15) is 0 Å². The highest BCUT2D eigenvalue weighted by molar-refractivity contribution is 5.79. The fourth-order valence-corrected chi connectivity index (χ4v) is 2.54. The minimum Gasteiger partial charge on any atom is -0.480 e. The van der Waals surface area contributed by atoms with Crippen LogP contribution >= 0.6 is 0 Å². The Morgan fingerprint density at radius 3 is 2.89 bits per heavy atom. The normalized spacial score (nSPS) is 18.6. The quantitative estimate of drug-likeness (QED) is 0.766. The van der Waals surface area contributed by atoms with Crippen molar-refractivity contribution in [2.75, 3.05) is 7.05 Å². The molecule has 1 unspecified atom stereocenters.